The lowest BCUT2D eigenvalue weighted by molar-refractivity contribution is -0.684. The fraction of sp³-hybridized carbons (Fsp3) is 0.397. The molecule has 8 rings (SSSR count). The lowest BCUT2D eigenvalue weighted by Gasteiger charge is -2.26. The molecule has 4 heterocycles. The average molecular weight is 1420 g/mol. The Morgan fingerprint density at radius 2 is 0.910 bits per heavy atom. The number of morpholine rings is 2. The molecular formula is C68H90N16O14S2+2. The topological polar surface area (TPSA) is 374 Å². The van der Waals surface area contributed by atoms with E-state index in [9.17, 15) is 50.4 Å². The smallest absolute Gasteiger partial charge is 0.327 e. The molecule has 4 aromatic carbocycles. The molecule has 536 valence electrons. The Balaban J connectivity index is 0.682. The third-order valence-corrected chi connectivity index (χ3v) is 19.3. The summed E-state index contributed by atoms with van der Waals surface area (Å²) < 4.78 is 73.8. The van der Waals surface area contributed by atoms with E-state index in [-0.39, 0.29) is 52.7 Å². The number of amides is 7. The van der Waals surface area contributed by atoms with Gasteiger partial charge in [-0.25, -0.2) is 22.3 Å². The van der Waals surface area contributed by atoms with Crippen LogP contribution in [-0.4, -0.2) is 160 Å². The van der Waals surface area contributed by atoms with Gasteiger partial charge in [0.15, 0.2) is 24.8 Å². The highest BCUT2D eigenvalue weighted by Crippen LogP contribution is 2.31. The first-order chi connectivity index (χ1) is 48.1. The van der Waals surface area contributed by atoms with Crippen LogP contribution < -0.4 is 72.3 Å². The maximum Gasteiger partial charge on any atom is 0.327 e. The Labute approximate surface area is 582 Å². The van der Waals surface area contributed by atoms with Gasteiger partial charge < -0.3 is 36.1 Å². The third-order valence-electron chi connectivity index (χ3n) is 16.3. The van der Waals surface area contributed by atoms with Gasteiger partial charge in [0.05, 0.1) is 54.2 Å². The third kappa shape index (κ3) is 24.1. The Morgan fingerprint density at radius 1 is 0.480 bits per heavy atom. The Morgan fingerprint density at radius 3 is 1.39 bits per heavy atom. The van der Waals surface area contributed by atoms with Gasteiger partial charge in [-0.1, -0.05) is 25.0 Å². The minimum absolute atomic E-state index is 0.0359. The highest BCUT2D eigenvalue weighted by molar-refractivity contribution is 7.93. The summed E-state index contributed by atoms with van der Waals surface area (Å²) in [4.78, 5) is 99.3. The van der Waals surface area contributed by atoms with Crippen molar-refractivity contribution in [3.8, 4) is 0 Å². The van der Waals surface area contributed by atoms with Crippen LogP contribution in [0, 0.1) is 27.7 Å². The van der Waals surface area contributed by atoms with Gasteiger partial charge in [-0.05, 0) is 162 Å². The maximum atomic E-state index is 13.7. The second kappa shape index (κ2) is 38.1. The zero-order valence-electron chi connectivity index (χ0n) is 56.6. The molecule has 2 saturated heterocycles. The number of sulfonamides is 2. The molecule has 0 unspecified atom stereocenters. The van der Waals surface area contributed by atoms with E-state index in [1.807, 2.05) is 6.07 Å². The minimum atomic E-state index is -4.15. The summed E-state index contributed by atoms with van der Waals surface area (Å²) in [6, 6.07) is 25.2. The molecule has 0 radical (unpaired) electrons. The maximum absolute atomic E-state index is 13.7. The summed E-state index contributed by atoms with van der Waals surface area (Å²) in [5.74, 6) is -4.47. The average Bonchev–Trinajstić information content (AvgIpc) is 0.797. The molecule has 6 aromatic rings. The molecule has 100 heavy (non-hydrogen) atoms. The number of benzene rings is 4. The number of pyridine rings is 2. The van der Waals surface area contributed by atoms with Crippen molar-refractivity contribution in [1.82, 2.24) is 42.1 Å². The first-order valence-electron chi connectivity index (χ1n) is 33.0. The van der Waals surface area contributed by atoms with Crippen LogP contribution in [0.2, 0.25) is 0 Å². The summed E-state index contributed by atoms with van der Waals surface area (Å²) in [5.41, 5.74) is 18.0. The van der Waals surface area contributed by atoms with Crippen LogP contribution in [0.5, 0.6) is 0 Å². The largest absolute Gasteiger partial charge is 0.379 e. The molecule has 0 saturated carbocycles. The lowest BCUT2D eigenvalue weighted by atomic mass is 10.1. The van der Waals surface area contributed by atoms with Crippen molar-refractivity contribution >= 4 is 95.5 Å². The standard InChI is InChI=1S/C68H88N16O14S2/c1-48-15-25-58(99(92,93)79-56-21-17-54(18-22-56)75-77-67(90)65(88)70-28-11-33-81-35-39-96-40-36-81)50(3)62(48)73-60(85)45-83-31-9-13-52(43-83)47-98-72-30-8-6-5-7-27-69-64(87)53-14-10-32-84(44-53)46-61(86)74-63-49(2)16-26-59(51(63)4)100(94,95)80-57-23-19-55(20-24-57)76-78-68(91)66(89)71-29-12-34-82-37-41-97-42-38-82/h9-10,13-26,31-32,43-44,72H,5-8,11-12,27-30,33-42,45-47H2,1-4H3,(H9-2,69,70,71,73,74,75,76,77,78,79,80,85,86,87,88,89,90,91)/p+2. The first kappa shape index (κ1) is 76.1. The van der Waals surface area contributed by atoms with Gasteiger partial charge in [0.25, 0.3) is 37.8 Å². The normalized spacial score (nSPS) is 13.4. The van der Waals surface area contributed by atoms with Crippen LogP contribution in [-0.2, 0) is 82.8 Å². The van der Waals surface area contributed by atoms with E-state index in [0.29, 0.717) is 116 Å². The molecule has 0 spiro atoms. The first-order valence-corrected chi connectivity index (χ1v) is 36.0. The van der Waals surface area contributed by atoms with Crippen LogP contribution in [0.1, 0.15) is 76.7 Å². The lowest BCUT2D eigenvalue weighted by Crippen LogP contribution is -2.43. The van der Waals surface area contributed by atoms with Crippen LogP contribution in [0.25, 0.3) is 0 Å². The monoisotopic (exact) mass is 1420 g/mol. The molecule has 2 aromatic heterocycles. The molecule has 0 bridgehead atoms. The van der Waals surface area contributed by atoms with E-state index in [1.54, 1.807) is 91.9 Å². The fourth-order valence-electron chi connectivity index (χ4n) is 10.9. The number of ether oxygens (including phenoxy) is 2. The van der Waals surface area contributed by atoms with Gasteiger partial charge >= 0.3 is 23.6 Å². The molecule has 2 aliphatic heterocycles. The van der Waals surface area contributed by atoms with Crippen LogP contribution in [0.4, 0.5) is 34.1 Å². The highest BCUT2D eigenvalue weighted by atomic mass is 32.2. The number of hydrogen-bond donors (Lipinski definition) is 12. The van der Waals surface area contributed by atoms with Crippen LogP contribution in [0.15, 0.2) is 132 Å². The van der Waals surface area contributed by atoms with E-state index in [0.717, 1.165) is 70.5 Å². The van der Waals surface area contributed by atoms with Crippen LogP contribution in [0.3, 0.4) is 0 Å². The predicted molar refractivity (Wildman–Crippen MR) is 374 cm³/mol. The van der Waals surface area contributed by atoms with Crippen LogP contribution >= 0.6 is 0 Å². The van der Waals surface area contributed by atoms with Gasteiger partial charge in [-0.15, -0.1) is 0 Å². The van der Waals surface area contributed by atoms with E-state index in [2.05, 4.69) is 73.0 Å². The van der Waals surface area contributed by atoms with Crippen molar-refractivity contribution in [3.05, 3.63) is 155 Å². The number of aryl methyl sites for hydroxylation is 2. The van der Waals surface area contributed by atoms with E-state index >= 15 is 0 Å². The molecule has 0 aliphatic carbocycles. The van der Waals surface area contributed by atoms with Crippen molar-refractivity contribution in [1.29, 1.82) is 0 Å². The van der Waals surface area contributed by atoms with Crippen molar-refractivity contribution < 1.29 is 73.8 Å². The predicted octanol–water partition coefficient (Wildman–Crippen LogP) is 2.95. The number of nitrogens with one attached hydrogen (secondary N) is 12. The Kier molecular flexibility index (Phi) is 29.0. The molecular weight excluding hydrogens is 1330 g/mol. The van der Waals surface area contributed by atoms with Gasteiger partial charge in [0.2, 0.25) is 13.1 Å². The number of hydrazine groups is 2. The molecule has 32 heteroatoms. The Hall–Kier alpha value is -9.67. The van der Waals surface area contributed by atoms with Crippen molar-refractivity contribution in [2.75, 3.05) is 123 Å². The van der Waals surface area contributed by atoms with Crippen molar-refractivity contribution in [3.63, 3.8) is 0 Å². The number of hydrogen-bond acceptors (Lipinski definition) is 19. The number of carbonyl (C=O) groups is 7. The summed E-state index contributed by atoms with van der Waals surface area (Å²) in [5, 5.41) is 13.9. The molecule has 7 amide bonds. The number of carbonyl (C=O) groups excluding carboxylic acids is 7. The molecule has 12 N–H and O–H groups in total. The number of anilines is 6. The number of rotatable bonds is 35. The zero-order valence-corrected chi connectivity index (χ0v) is 58.3. The number of hydroxylamine groups is 1. The summed E-state index contributed by atoms with van der Waals surface area (Å²) in [7, 11) is -8.29. The van der Waals surface area contributed by atoms with Gasteiger partial charge in [0.1, 0.15) is 5.56 Å². The number of aromatic nitrogens is 2. The molecule has 2 fully saturated rings. The number of unbranched alkanes of at least 4 members (excludes halogenated alkanes) is 3. The molecule has 30 nitrogen and oxygen atoms in total. The second-order valence-electron chi connectivity index (χ2n) is 24.0. The van der Waals surface area contributed by atoms with Crippen molar-refractivity contribution in [2.24, 2.45) is 0 Å². The summed E-state index contributed by atoms with van der Waals surface area (Å²) >= 11 is 0. The zero-order chi connectivity index (χ0) is 71.4. The Bertz CT molecular complexity index is 4040. The molecule has 0 atom stereocenters. The van der Waals surface area contributed by atoms with Crippen molar-refractivity contribution in [2.45, 2.75) is 95.7 Å². The van der Waals surface area contributed by atoms with E-state index in [1.165, 1.54) is 60.7 Å². The van der Waals surface area contributed by atoms with Gasteiger partial charge in [-0.2, -0.15) is 9.13 Å². The molecule has 2 aliphatic rings. The van der Waals surface area contributed by atoms with Gasteiger partial charge in [-0.3, -0.25) is 79.3 Å². The SMILES string of the molecule is Cc1ccc(S(=O)(=O)Nc2ccc(NNC(=O)C(=O)NCCCN3CCOCC3)cc2)c(C)c1NC(=O)C[n+]1cccc(CONCCCCCCNC(=O)c2ccc[n+](CC(=O)Nc3c(C)ccc(S(=O)(=O)Nc4ccc(NNC(=O)C(=O)NCCCN5CCOCC5)cc4)c3C)c2)c1. The highest BCUT2D eigenvalue weighted by Gasteiger charge is 2.26. The summed E-state index contributed by atoms with van der Waals surface area (Å²) in [6.07, 6.45) is 11.4. The fourth-order valence-corrected chi connectivity index (χ4v) is 13.5. The number of nitrogens with zero attached hydrogens (tertiary/aromatic N) is 4. The quantitative estimate of drug-likeness (QED) is 0.0118. The van der Waals surface area contributed by atoms with Gasteiger partial charge in [0, 0.05) is 92.8 Å². The van der Waals surface area contributed by atoms with E-state index < -0.39 is 49.6 Å². The second-order valence-corrected chi connectivity index (χ2v) is 27.3. The van der Waals surface area contributed by atoms with E-state index in [4.69, 9.17) is 14.3 Å². The summed E-state index contributed by atoms with van der Waals surface area (Å²) in [6.45, 7) is 16.0. The minimum Gasteiger partial charge on any atom is -0.379 e.